The smallest absolute Gasteiger partial charge is 0.334 e. The highest BCUT2D eigenvalue weighted by atomic mass is 16.7. The molecule has 3 aliphatic heterocycles. The van der Waals surface area contributed by atoms with Crippen molar-refractivity contribution in [3.63, 3.8) is 0 Å². The number of epoxide rings is 2. The third-order valence-corrected chi connectivity index (χ3v) is 9.40. The minimum absolute atomic E-state index is 0.0875. The van der Waals surface area contributed by atoms with E-state index in [1.54, 1.807) is 6.92 Å². The fraction of sp³-hybridized carbons (Fsp3) is 0.760. The van der Waals surface area contributed by atoms with Crippen molar-refractivity contribution >= 4 is 11.9 Å². The Hall–Kier alpha value is -1.70. The normalized spacial score (nSPS) is 53.2. The summed E-state index contributed by atoms with van der Waals surface area (Å²) in [6.07, 6.45) is -0.228. The van der Waals surface area contributed by atoms with E-state index in [4.69, 9.17) is 18.9 Å². The molecular weight excluding hydrogens is 412 g/mol. The number of aliphatic hydroxyl groups excluding tert-OH is 1. The molecule has 0 amide bonds. The standard InChI is InChI=1S/C25H32O7/c1-7-10(2)20(27)30-19-11(3)9-24-22-23(6,31-22)18-16-13(5)21(28)29-15(16)8-14(26)12(4)17(18)25(19,24)32-24/h10-11,14-15,17-19,22,26H,4,7-9H2,1-3,5-6H3. The van der Waals surface area contributed by atoms with Gasteiger partial charge in [0.1, 0.15) is 35.1 Å². The lowest BCUT2D eigenvalue weighted by molar-refractivity contribution is -0.162. The predicted octanol–water partition coefficient (Wildman–Crippen LogP) is 2.46. The highest BCUT2D eigenvalue weighted by molar-refractivity contribution is 5.92. The summed E-state index contributed by atoms with van der Waals surface area (Å²) in [6.45, 7) is 14.1. The van der Waals surface area contributed by atoms with Crippen molar-refractivity contribution in [1.29, 1.82) is 0 Å². The zero-order chi connectivity index (χ0) is 23.0. The van der Waals surface area contributed by atoms with Gasteiger partial charge in [0.15, 0.2) is 0 Å². The monoisotopic (exact) mass is 444 g/mol. The Morgan fingerprint density at radius 3 is 2.78 bits per heavy atom. The van der Waals surface area contributed by atoms with Gasteiger partial charge in [0.2, 0.25) is 0 Å². The zero-order valence-corrected chi connectivity index (χ0v) is 19.3. The number of esters is 2. The van der Waals surface area contributed by atoms with Gasteiger partial charge in [-0.25, -0.2) is 4.79 Å². The van der Waals surface area contributed by atoms with Crippen LogP contribution in [0.3, 0.4) is 0 Å². The van der Waals surface area contributed by atoms with Gasteiger partial charge in [-0.05, 0) is 43.8 Å². The molecule has 11 atom stereocenters. The van der Waals surface area contributed by atoms with Gasteiger partial charge >= 0.3 is 11.9 Å². The summed E-state index contributed by atoms with van der Waals surface area (Å²) < 4.78 is 24.9. The average molecular weight is 445 g/mol. The van der Waals surface area contributed by atoms with Crippen LogP contribution in [0.4, 0.5) is 0 Å². The predicted molar refractivity (Wildman–Crippen MR) is 112 cm³/mol. The molecule has 0 radical (unpaired) electrons. The van der Waals surface area contributed by atoms with Crippen molar-refractivity contribution in [3.05, 3.63) is 23.3 Å². The Morgan fingerprint density at radius 1 is 1.38 bits per heavy atom. The lowest BCUT2D eigenvalue weighted by atomic mass is 9.58. The molecule has 2 saturated heterocycles. The number of hydrogen-bond donors (Lipinski definition) is 1. The van der Waals surface area contributed by atoms with Gasteiger partial charge in [0, 0.05) is 23.8 Å². The molecule has 0 aromatic carbocycles. The molecule has 5 fully saturated rings. The summed E-state index contributed by atoms with van der Waals surface area (Å²) >= 11 is 0. The van der Waals surface area contributed by atoms with Crippen LogP contribution >= 0.6 is 0 Å². The summed E-state index contributed by atoms with van der Waals surface area (Å²) in [4.78, 5) is 25.4. The molecule has 174 valence electrons. The highest BCUT2D eigenvalue weighted by Crippen LogP contribution is 2.81. The van der Waals surface area contributed by atoms with Gasteiger partial charge < -0.3 is 24.1 Å². The third kappa shape index (κ3) is 2.14. The summed E-state index contributed by atoms with van der Waals surface area (Å²) in [5.41, 5.74) is 0.265. The number of carbonyl (C=O) groups is 2. The Balaban J connectivity index is 1.50. The van der Waals surface area contributed by atoms with E-state index in [2.05, 4.69) is 20.4 Å². The summed E-state index contributed by atoms with van der Waals surface area (Å²) in [5, 5.41) is 11.1. The molecule has 0 aromatic heterocycles. The molecule has 1 N–H and O–H groups in total. The first kappa shape index (κ1) is 20.9. The van der Waals surface area contributed by atoms with E-state index in [1.807, 2.05) is 13.8 Å². The van der Waals surface area contributed by atoms with Gasteiger partial charge in [-0.2, -0.15) is 0 Å². The summed E-state index contributed by atoms with van der Waals surface area (Å²) in [5.74, 6) is -1.23. The summed E-state index contributed by atoms with van der Waals surface area (Å²) in [6, 6.07) is 0. The third-order valence-electron chi connectivity index (χ3n) is 9.40. The van der Waals surface area contributed by atoms with Crippen molar-refractivity contribution < 1.29 is 33.6 Å². The van der Waals surface area contributed by atoms with Crippen molar-refractivity contribution in [2.75, 3.05) is 0 Å². The summed E-state index contributed by atoms with van der Waals surface area (Å²) in [7, 11) is 0. The molecule has 11 unspecified atom stereocenters. The Labute approximate surface area is 188 Å². The molecule has 0 aromatic rings. The number of fused-ring (bicyclic) bond motifs is 5. The number of rotatable bonds is 3. The maximum Gasteiger partial charge on any atom is 0.334 e. The van der Waals surface area contributed by atoms with Gasteiger partial charge in [0.05, 0.1) is 12.0 Å². The van der Waals surface area contributed by atoms with Crippen LogP contribution in [0.25, 0.3) is 0 Å². The maximum atomic E-state index is 12.9. The van der Waals surface area contributed by atoms with Gasteiger partial charge in [-0.1, -0.05) is 27.4 Å². The first-order valence-electron chi connectivity index (χ1n) is 11.9. The zero-order valence-electron chi connectivity index (χ0n) is 19.3. The van der Waals surface area contributed by atoms with Crippen LogP contribution in [0.5, 0.6) is 0 Å². The van der Waals surface area contributed by atoms with Gasteiger partial charge in [-0.15, -0.1) is 0 Å². The number of hydrogen-bond acceptors (Lipinski definition) is 7. The van der Waals surface area contributed by atoms with Crippen LogP contribution in [0.2, 0.25) is 0 Å². The number of carbonyl (C=O) groups excluding carboxylic acids is 2. The lowest BCUT2D eigenvalue weighted by Crippen LogP contribution is -2.55. The number of aliphatic hydroxyl groups is 1. The van der Waals surface area contributed by atoms with Crippen LogP contribution in [-0.2, 0) is 28.5 Å². The Bertz CT molecular complexity index is 985. The minimum Gasteiger partial charge on any atom is -0.459 e. The molecule has 0 bridgehead atoms. The fourth-order valence-corrected chi connectivity index (χ4v) is 7.65. The Morgan fingerprint density at radius 2 is 2.09 bits per heavy atom. The second-order valence-electron chi connectivity index (χ2n) is 11.1. The topological polar surface area (TPSA) is 97.9 Å². The van der Waals surface area contributed by atoms with Crippen LogP contribution in [0.15, 0.2) is 23.3 Å². The molecule has 3 aliphatic carbocycles. The van der Waals surface area contributed by atoms with E-state index < -0.39 is 35.1 Å². The van der Waals surface area contributed by atoms with E-state index in [-0.39, 0.29) is 48.1 Å². The SMILES string of the molecule is C=C1C(O)CC2OC(=O)C(C)=C2C2C1C13OC1(CC(C)C3OC(=O)C(C)CC)C1OC21C. The average Bonchev–Trinajstić information content (AvgIpc) is 3.58. The highest BCUT2D eigenvalue weighted by Gasteiger charge is 2.96. The first-order chi connectivity index (χ1) is 15.0. The second kappa shape index (κ2) is 6.05. The van der Waals surface area contributed by atoms with Gasteiger partial charge in [0.25, 0.3) is 0 Å². The van der Waals surface area contributed by atoms with Gasteiger partial charge in [-0.3, -0.25) is 4.79 Å². The fourth-order valence-electron chi connectivity index (χ4n) is 7.65. The molecule has 0 spiro atoms. The molecule has 7 heteroatoms. The van der Waals surface area contributed by atoms with Crippen LogP contribution in [0.1, 0.15) is 53.9 Å². The van der Waals surface area contributed by atoms with Crippen molar-refractivity contribution in [2.24, 2.45) is 23.7 Å². The maximum absolute atomic E-state index is 12.9. The molecule has 3 heterocycles. The number of ether oxygens (including phenoxy) is 4. The van der Waals surface area contributed by atoms with E-state index in [0.29, 0.717) is 17.6 Å². The largest absolute Gasteiger partial charge is 0.459 e. The van der Waals surface area contributed by atoms with E-state index in [1.165, 1.54) is 0 Å². The molecule has 6 aliphatic rings. The van der Waals surface area contributed by atoms with Crippen LogP contribution in [-0.4, -0.2) is 58.3 Å². The van der Waals surface area contributed by atoms with E-state index >= 15 is 0 Å². The first-order valence-corrected chi connectivity index (χ1v) is 11.9. The molecular formula is C25H32O7. The Kier molecular flexibility index (Phi) is 3.94. The van der Waals surface area contributed by atoms with Crippen LogP contribution in [0, 0.1) is 23.7 Å². The lowest BCUT2D eigenvalue weighted by Gasteiger charge is -2.41. The quantitative estimate of drug-likeness (QED) is 0.406. The molecule has 3 saturated carbocycles. The van der Waals surface area contributed by atoms with Crippen LogP contribution < -0.4 is 0 Å². The van der Waals surface area contributed by atoms with Crippen molar-refractivity contribution in [2.45, 2.75) is 95.1 Å². The molecule has 7 nitrogen and oxygen atoms in total. The van der Waals surface area contributed by atoms with E-state index in [9.17, 15) is 14.7 Å². The second-order valence-corrected chi connectivity index (χ2v) is 11.1. The molecule has 6 rings (SSSR count). The van der Waals surface area contributed by atoms with Crippen molar-refractivity contribution in [3.8, 4) is 0 Å². The minimum atomic E-state index is -0.847. The molecule has 32 heavy (non-hydrogen) atoms. The van der Waals surface area contributed by atoms with E-state index in [0.717, 1.165) is 12.0 Å². The van der Waals surface area contributed by atoms with Crippen molar-refractivity contribution in [1.82, 2.24) is 0 Å².